The molecule has 0 saturated carbocycles. The lowest BCUT2D eigenvalue weighted by Gasteiger charge is -2.16. The molecule has 0 heterocycles. The number of phenols is 1. The van der Waals surface area contributed by atoms with Crippen LogP contribution < -0.4 is 5.73 Å². The number of phenolic OH excluding ortho intramolecular Hbond substituents is 1. The minimum Gasteiger partial charge on any atom is -0.507 e. The van der Waals surface area contributed by atoms with Gasteiger partial charge in [-0.25, -0.2) is 0 Å². The summed E-state index contributed by atoms with van der Waals surface area (Å²) in [5.74, 6) is -0.645. The Morgan fingerprint density at radius 2 is 1.57 bits per heavy atom. The summed E-state index contributed by atoms with van der Waals surface area (Å²) >= 11 is 0. The Balaban J connectivity index is 3.03. The fourth-order valence-corrected chi connectivity index (χ4v) is 3.55. The first kappa shape index (κ1) is 16.7. The van der Waals surface area contributed by atoms with Gasteiger partial charge >= 0.3 is 0 Å². The van der Waals surface area contributed by atoms with Gasteiger partial charge in [0.1, 0.15) is 10.6 Å². The molecule has 0 amide bonds. The van der Waals surface area contributed by atoms with Crippen LogP contribution in [-0.2, 0) is 10.1 Å². The fraction of sp³-hybridized carbons (Fsp3) is 0. The SMILES string of the molecule is Nc1ccc(S(=O)(=O)O)c2cc(S(N=O)(N=O)N=O)cc(O)c12. The molecule has 0 aliphatic rings. The number of nitrogens with two attached hydrogens (primary N) is 1. The summed E-state index contributed by atoms with van der Waals surface area (Å²) < 4.78 is 39.0. The Morgan fingerprint density at radius 3 is 2.04 bits per heavy atom. The van der Waals surface area contributed by atoms with Gasteiger partial charge in [-0.1, -0.05) is 0 Å². The number of rotatable bonds is 5. The highest BCUT2D eigenvalue weighted by Gasteiger charge is 2.33. The summed E-state index contributed by atoms with van der Waals surface area (Å²) in [4.78, 5) is 31.3. The maximum atomic E-state index is 11.4. The van der Waals surface area contributed by atoms with Gasteiger partial charge in [0.05, 0.1) is 4.90 Å². The molecule has 0 atom stereocenters. The van der Waals surface area contributed by atoms with Crippen LogP contribution in [-0.4, -0.2) is 18.1 Å². The molecule has 0 bridgehead atoms. The number of anilines is 1. The van der Waals surface area contributed by atoms with Crippen molar-refractivity contribution >= 4 is 37.2 Å². The second kappa shape index (κ2) is 5.53. The standard InChI is InChI=1S/C10H8N4O7S2/c11-7-1-2-9(23(19,20)21)6-3-5(4-8(15)10(6)7)22(12-16,13-17)14-18/h1-4,15H,11H2,(H,19,20,21). The highest BCUT2D eigenvalue weighted by Crippen LogP contribution is 2.61. The average Bonchev–Trinajstić information content (AvgIpc) is 2.48. The first-order chi connectivity index (χ1) is 10.7. The van der Waals surface area contributed by atoms with Crippen molar-refractivity contribution in [2.24, 2.45) is 13.7 Å². The fourth-order valence-electron chi connectivity index (χ4n) is 1.99. The van der Waals surface area contributed by atoms with E-state index in [4.69, 9.17) is 5.73 Å². The van der Waals surface area contributed by atoms with Gasteiger partial charge in [-0.2, -0.15) is 8.42 Å². The zero-order chi connectivity index (χ0) is 17.4. The number of nitroso groups, excluding NO2 is 3. The largest absolute Gasteiger partial charge is 0.507 e. The van der Waals surface area contributed by atoms with Crippen LogP contribution in [0.3, 0.4) is 0 Å². The summed E-state index contributed by atoms with van der Waals surface area (Å²) in [6.07, 6.45) is 0. The number of hydrogen-bond acceptors (Lipinski definition) is 10. The topological polar surface area (TPSA) is 189 Å². The zero-order valence-corrected chi connectivity index (χ0v) is 12.6. The van der Waals surface area contributed by atoms with Crippen LogP contribution in [0.2, 0.25) is 0 Å². The molecule has 4 N–H and O–H groups in total. The predicted molar refractivity (Wildman–Crippen MR) is 83.1 cm³/mol. The molecular formula is C10H8N4O7S2. The van der Waals surface area contributed by atoms with Gasteiger partial charge in [-0.3, -0.25) is 4.55 Å². The molecule has 2 aromatic carbocycles. The zero-order valence-electron chi connectivity index (χ0n) is 11.0. The number of aromatic hydroxyl groups is 1. The van der Waals surface area contributed by atoms with Crippen molar-refractivity contribution in [3.63, 3.8) is 0 Å². The molecule has 0 unspecified atom stereocenters. The predicted octanol–water partition coefficient (Wildman–Crippen LogP) is 2.58. The van der Waals surface area contributed by atoms with E-state index in [1.165, 1.54) is 0 Å². The van der Waals surface area contributed by atoms with Crippen molar-refractivity contribution in [1.29, 1.82) is 0 Å². The van der Waals surface area contributed by atoms with Crippen molar-refractivity contribution in [2.45, 2.75) is 9.79 Å². The van der Waals surface area contributed by atoms with E-state index in [0.717, 1.165) is 24.3 Å². The maximum absolute atomic E-state index is 11.4. The Morgan fingerprint density at radius 1 is 1.00 bits per heavy atom. The van der Waals surface area contributed by atoms with Crippen molar-refractivity contribution in [3.05, 3.63) is 39.0 Å². The second-order valence-corrected chi connectivity index (χ2v) is 7.58. The molecular weight excluding hydrogens is 352 g/mol. The Hall–Kier alpha value is -2.64. The highest BCUT2D eigenvalue weighted by atomic mass is 32.3. The second-order valence-electron chi connectivity index (χ2n) is 4.24. The third-order valence-electron chi connectivity index (χ3n) is 2.97. The molecule has 2 aromatic rings. The number of fused-ring (bicyclic) bond motifs is 1. The van der Waals surface area contributed by atoms with E-state index in [1.807, 2.05) is 0 Å². The Bertz CT molecular complexity index is 922. The Labute approximate surface area is 129 Å². The first-order valence-electron chi connectivity index (χ1n) is 5.60. The van der Waals surface area contributed by atoms with Crippen LogP contribution >= 0.6 is 10.6 Å². The maximum Gasteiger partial charge on any atom is 0.295 e. The highest BCUT2D eigenvalue weighted by molar-refractivity contribution is 8.30. The van der Waals surface area contributed by atoms with Crippen molar-refractivity contribution in [2.75, 3.05) is 5.73 Å². The third kappa shape index (κ3) is 2.60. The normalized spacial score (nSPS) is 12.7. The van der Waals surface area contributed by atoms with E-state index in [1.54, 1.807) is 0 Å². The van der Waals surface area contributed by atoms with Crippen molar-refractivity contribution in [1.82, 2.24) is 0 Å². The number of nitrogen functional groups attached to an aromatic ring is 1. The molecule has 0 spiro atoms. The van der Waals surface area contributed by atoms with Crippen LogP contribution in [0.25, 0.3) is 10.8 Å². The molecule has 23 heavy (non-hydrogen) atoms. The molecule has 0 radical (unpaired) electrons. The van der Waals surface area contributed by atoms with Crippen LogP contribution in [0.1, 0.15) is 0 Å². The summed E-state index contributed by atoms with van der Waals surface area (Å²) in [5.41, 5.74) is 5.59. The van der Waals surface area contributed by atoms with E-state index < -0.39 is 36.2 Å². The molecule has 11 nitrogen and oxygen atoms in total. The molecule has 0 aliphatic carbocycles. The quantitative estimate of drug-likeness (QED) is 0.411. The van der Waals surface area contributed by atoms with Gasteiger partial charge in [-0.05, 0) is 24.3 Å². The summed E-state index contributed by atoms with van der Waals surface area (Å²) in [5, 5.41) is 9.51. The Kier molecular flexibility index (Phi) is 4.02. The lowest BCUT2D eigenvalue weighted by atomic mass is 10.1. The van der Waals surface area contributed by atoms with Crippen LogP contribution in [0.4, 0.5) is 5.69 Å². The van der Waals surface area contributed by atoms with Gasteiger partial charge in [0, 0.05) is 30.2 Å². The monoisotopic (exact) mass is 360 g/mol. The summed E-state index contributed by atoms with van der Waals surface area (Å²) in [6.45, 7) is 0. The first-order valence-corrected chi connectivity index (χ1v) is 8.54. The van der Waals surface area contributed by atoms with Crippen LogP contribution in [0, 0.1) is 14.7 Å². The van der Waals surface area contributed by atoms with E-state index in [9.17, 15) is 32.8 Å². The van der Waals surface area contributed by atoms with Gasteiger partial charge in [-0.15, -0.1) is 14.7 Å². The number of hydrogen-bond donors (Lipinski definition) is 3. The van der Waals surface area contributed by atoms with E-state index in [0.29, 0.717) is 0 Å². The minimum atomic E-state index is -4.73. The van der Waals surface area contributed by atoms with E-state index in [-0.39, 0.29) is 16.5 Å². The minimum absolute atomic E-state index is 0.0470. The molecule has 13 heteroatoms. The molecule has 0 aromatic heterocycles. The summed E-state index contributed by atoms with van der Waals surface area (Å²) in [7, 11) is -8.68. The average molecular weight is 360 g/mol. The molecule has 2 rings (SSSR count). The lowest BCUT2D eigenvalue weighted by molar-refractivity contribution is 0.480. The smallest absolute Gasteiger partial charge is 0.295 e. The molecule has 0 aliphatic heterocycles. The third-order valence-corrected chi connectivity index (χ3v) is 5.37. The summed E-state index contributed by atoms with van der Waals surface area (Å²) in [6, 6.07) is 3.77. The molecule has 0 saturated heterocycles. The number of benzene rings is 2. The molecule has 122 valence electrons. The van der Waals surface area contributed by atoms with Gasteiger partial charge < -0.3 is 10.8 Å². The van der Waals surface area contributed by atoms with E-state index >= 15 is 0 Å². The number of nitrogens with zero attached hydrogens (tertiary/aromatic N) is 3. The van der Waals surface area contributed by atoms with E-state index in [2.05, 4.69) is 13.7 Å². The van der Waals surface area contributed by atoms with Gasteiger partial charge in [0.2, 0.25) is 0 Å². The van der Waals surface area contributed by atoms with Gasteiger partial charge in [0.25, 0.3) is 10.1 Å². The van der Waals surface area contributed by atoms with Crippen LogP contribution in [0.5, 0.6) is 5.75 Å². The molecule has 0 fully saturated rings. The van der Waals surface area contributed by atoms with Crippen LogP contribution in [0.15, 0.2) is 47.8 Å². The van der Waals surface area contributed by atoms with Crippen molar-refractivity contribution < 1.29 is 18.1 Å². The lowest BCUT2D eigenvalue weighted by Crippen LogP contribution is -2.01. The van der Waals surface area contributed by atoms with Crippen molar-refractivity contribution in [3.8, 4) is 5.75 Å². The van der Waals surface area contributed by atoms with Gasteiger partial charge in [0.15, 0.2) is 10.6 Å².